The largest absolute Gasteiger partial charge is 0.497 e. The molecule has 1 aliphatic heterocycles. The Bertz CT molecular complexity index is 708. The number of methoxy groups -OCH3 is 2. The second-order valence-corrected chi connectivity index (χ2v) is 7.57. The molecule has 7 heteroatoms. The Hall–Kier alpha value is -1.76. The van der Waals surface area contributed by atoms with Crippen LogP contribution in [-0.2, 0) is 14.3 Å². The van der Waals surface area contributed by atoms with Crippen LogP contribution in [0.4, 0.5) is 5.69 Å². The summed E-state index contributed by atoms with van der Waals surface area (Å²) in [7, 11) is 3.11. The Morgan fingerprint density at radius 3 is 2.79 bits per heavy atom. The van der Waals surface area contributed by atoms with E-state index in [1.54, 1.807) is 32.4 Å². The number of esters is 1. The molecule has 1 amide bonds. The smallest absolute Gasteiger partial charge is 0.310 e. The molecule has 2 saturated carbocycles. The van der Waals surface area contributed by atoms with Crippen molar-refractivity contribution in [1.29, 1.82) is 0 Å². The second kappa shape index (κ2) is 5.65. The lowest BCUT2D eigenvalue weighted by atomic mass is 9.79. The molecular formula is C17H18BrNO5. The van der Waals surface area contributed by atoms with E-state index in [2.05, 4.69) is 21.2 Å². The molecule has 1 N–H and O–H groups in total. The molecule has 3 fully saturated rings. The van der Waals surface area contributed by atoms with Gasteiger partial charge in [0.2, 0.25) is 5.91 Å². The lowest BCUT2D eigenvalue weighted by molar-refractivity contribution is -0.145. The minimum atomic E-state index is -0.374. The molecule has 0 radical (unpaired) electrons. The quantitative estimate of drug-likeness (QED) is 0.624. The van der Waals surface area contributed by atoms with E-state index in [9.17, 15) is 9.59 Å². The van der Waals surface area contributed by atoms with Gasteiger partial charge >= 0.3 is 5.97 Å². The zero-order valence-corrected chi connectivity index (χ0v) is 14.9. The van der Waals surface area contributed by atoms with Gasteiger partial charge in [0.05, 0.1) is 36.6 Å². The summed E-state index contributed by atoms with van der Waals surface area (Å²) in [5, 5.41) is 2.91. The number of rotatable bonds is 4. The van der Waals surface area contributed by atoms with Crippen LogP contribution in [0.2, 0.25) is 0 Å². The molecule has 6 nitrogen and oxygen atoms in total. The highest BCUT2D eigenvalue weighted by atomic mass is 79.9. The fourth-order valence-corrected chi connectivity index (χ4v) is 5.50. The Morgan fingerprint density at radius 1 is 1.29 bits per heavy atom. The maximum atomic E-state index is 12.9. The van der Waals surface area contributed by atoms with E-state index < -0.39 is 0 Å². The lowest BCUT2D eigenvalue weighted by Crippen LogP contribution is -2.40. The summed E-state index contributed by atoms with van der Waals surface area (Å²) in [6.07, 6.45) is 0.771. The highest BCUT2D eigenvalue weighted by molar-refractivity contribution is 9.09. The molecule has 1 heterocycles. The summed E-state index contributed by atoms with van der Waals surface area (Å²) in [6, 6.07) is 5.22. The molecule has 3 aliphatic rings. The topological polar surface area (TPSA) is 73.9 Å². The molecule has 1 saturated heterocycles. The summed E-state index contributed by atoms with van der Waals surface area (Å²) >= 11 is 3.62. The summed E-state index contributed by atoms with van der Waals surface area (Å²) in [6.45, 7) is 0. The number of carbonyl (C=O) groups excluding carboxylic acids is 2. The third-order valence-electron chi connectivity index (χ3n) is 5.49. The van der Waals surface area contributed by atoms with Gasteiger partial charge in [-0.2, -0.15) is 0 Å². The zero-order chi connectivity index (χ0) is 17.0. The molecule has 2 bridgehead atoms. The van der Waals surface area contributed by atoms with E-state index in [1.807, 2.05) is 0 Å². The molecule has 0 aromatic heterocycles. The van der Waals surface area contributed by atoms with Crippen molar-refractivity contribution in [2.24, 2.45) is 23.7 Å². The molecule has 1 aromatic rings. The van der Waals surface area contributed by atoms with Gasteiger partial charge in [0, 0.05) is 12.0 Å². The number of amides is 1. The highest BCUT2D eigenvalue weighted by Gasteiger charge is 2.67. The van der Waals surface area contributed by atoms with Gasteiger partial charge in [0.25, 0.3) is 0 Å². The van der Waals surface area contributed by atoms with Crippen molar-refractivity contribution < 1.29 is 23.8 Å². The van der Waals surface area contributed by atoms with Crippen LogP contribution in [0.1, 0.15) is 6.42 Å². The number of carbonyl (C=O) groups is 2. The molecule has 4 rings (SSSR count). The van der Waals surface area contributed by atoms with Gasteiger partial charge in [-0.15, -0.1) is 0 Å². The van der Waals surface area contributed by atoms with Crippen LogP contribution in [0.5, 0.6) is 11.5 Å². The molecule has 24 heavy (non-hydrogen) atoms. The van der Waals surface area contributed by atoms with E-state index in [0.29, 0.717) is 17.2 Å². The van der Waals surface area contributed by atoms with Crippen LogP contribution in [0.3, 0.4) is 0 Å². The number of ether oxygens (including phenoxy) is 3. The number of anilines is 1. The van der Waals surface area contributed by atoms with E-state index in [4.69, 9.17) is 14.2 Å². The van der Waals surface area contributed by atoms with Crippen LogP contribution < -0.4 is 14.8 Å². The number of halogens is 1. The molecule has 128 valence electrons. The van der Waals surface area contributed by atoms with Gasteiger partial charge in [0.15, 0.2) is 0 Å². The number of hydrogen-bond donors (Lipinski definition) is 1. The fraction of sp³-hybridized carbons (Fsp3) is 0.529. The van der Waals surface area contributed by atoms with E-state index in [0.717, 1.165) is 6.42 Å². The first-order chi connectivity index (χ1) is 11.5. The third-order valence-corrected chi connectivity index (χ3v) is 6.69. The van der Waals surface area contributed by atoms with E-state index >= 15 is 0 Å². The molecule has 0 spiro atoms. The van der Waals surface area contributed by atoms with Crippen LogP contribution in [0, 0.1) is 23.7 Å². The predicted octanol–water partition coefficient (Wildman–Crippen LogP) is 2.21. The van der Waals surface area contributed by atoms with Crippen molar-refractivity contribution in [2.75, 3.05) is 19.5 Å². The first kappa shape index (κ1) is 15.7. The predicted molar refractivity (Wildman–Crippen MR) is 89.3 cm³/mol. The number of hydrogen-bond acceptors (Lipinski definition) is 5. The summed E-state index contributed by atoms with van der Waals surface area (Å²) in [4.78, 5) is 25.1. The summed E-state index contributed by atoms with van der Waals surface area (Å²) < 4.78 is 16.0. The average Bonchev–Trinajstić information content (AvgIpc) is 3.18. The Morgan fingerprint density at radius 2 is 2.08 bits per heavy atom. The Balaban J connectivity index is 1.60. The molecule has 6 unspecified atom stereocenters. The van der Waals surface area contributed by atoms with Gasteiger partial charge in [-0.05, 0) is 24.5 Å². The molecule has 2 aliphatic carbocycles. The Labute approximate surface area is 148 Å². The summed E-state index contributed by atoms with van der Waals surface area (Å²) in [5.74, 6) is 0.329. The van der Waals surface area contributed by atoms with Crippen molar-refractivity contribution in [1.82, 2.24) is 0 Å². The minimum Gasteiger partial charge on any atom is -0.497 e. The number of nitrogens with one attached hydrogen (secondary N) is 1. The number of benzene rings is 1. The van der Waals surface area contributed by atoms with Crippen LogP contribution in [0.15, 0.2) is 18.2 Å². The first-order valence-electron chi connectivity index (χ1n) is 7.92. The second-order valence-electron chi connectivity index (χ2n) is 6.52. The maximum Gasteiger partial charge on any atom is 0.310 e. The van der Waals surface area contributed by atoms with Gasteiger partial charge < -0.3 is 19.5 Å². The third kappa shape index (κ3) is 2.13. The number of fused-ring (bicyclic) bond motifs is 1. The highest BCUT2D eigenvalue weighted by Crippen LogP contribution is 2.60. The van der Waals surface area contributed by atoms with Crippen LogP contribution >= 0.6 is 15.9 Å². The van der Waals surface area contributed by atoms with Gasteiger partial charge in [-0.25, -0.2) is 0 Å². The van der Waals surface area contributed by atoms with Crippen LogP contribution in [0.25, 0.3) is 0 Å². The van der Waals surface area contributed by atoms with Crippen LogP contribution in [-0.4, -0.2) is 37.0 Å². The minimum absolute atomic E-state index is 0.0492. The van der Waals surface area contributed by atoms with Gasteiger partial charge in [-0.1, -0.05) is 15.9 Å². The standard InChI is InChI=1S/C17H18BrNO5/c1-22-7-3-4-11(23-2)10(5-7)19-16(20)12-8-6-9-13(12)17(21)24-15(9)14(8)18/h3-5,8-9,12-15H,6H2,1-2H3,(H,19,20). The Kier molecular flexibility index (Phi) is 3.71. The van der Waals surface area contributed by atoms with Crippen molar-refractivity contribution in [2.45, 2.75) is 17.4 Å². The van der Waals surface area contributed by atoms with Crippen molar-refractivity contribution in [3.05, 3.63) is 18.2 Å². The molecule has 6 atom stereocenters. The zero-order valence-electron chi connectivity index (χ0n) is 13.3. The number of alkyl halides is 1. The average molecular weight is 396 g/mol. The van der Waals surface area contributed by atoms with E-state index in [-0.39, 0.29) is 46.5 Å². The van der Waals surface area contributed by atoms with Crippen molar-refractivity contribution in [3.63, 3.8) is 0 Å². The maximum absolute atomic E-state index is 12.9. The normalized spacial score (nSPS) is 35.7. The fourth-order valence-electron chi connectivity index (χ4n) is 4.46. The first-order valence-corrected chi connectivity index (χ1v) is 8.84. The lowest BCUT2D eigenvalue weighted by Gasteiger charge is -2.27. The SMILES string of the molecule is COc1ccc(OC)c(NC(=O)C2C3CC4C(OC(=O)C42)C3Br)c1. The monoisotopic (exact) mass is 395 g/mol. The van der Waals surface area contributed by atoms with Crippen molar-refractivity contribution in [3.8, 4) is 11.5 Å². The summed E-state index contributed by atoms with van der Waals surface area (Å²) in [5.41, 5.74) is 0.540. The molecular weight excluding hydrogens is 378 g/mol. The van der Waals surface area contributed by atoms with Gasteiger partial charge in [0.1, 0.15) is 17.6 Å². The van der Waals surface area contributed by atoms with Crippen molar-refractivity contribution >= 4 is 33.5 Å². The molecule has 1 aromatic carbocycles. The van der Waals surface area contributed by atoms with E-state index in [1.165, 1.54) is 0 Å². The van der Waals surface area contributed by atoms with Gasteiger partial charge in [-0.3, -0.25) is 9.59 Å².